The maximum atomic E-state index is 13.3. The van der Waals surface area contributed by atoms with Gasteiger partial charge >= 0.3 is 5.97 Å². The van der Waals surface area contributed by atoms with E-state index in [4.69, 9.17) is 33.7 Å². The molecule has 38 heavy (non-hydrogen) atoms. The zero-order valence-electron chi connectivity index (χ0n) is 21.0. The number of hydrogen-bond acceptors (Lipinski definition) is 5. The van der Waals surface area contributed by atoms with Crippen LogP contribution in [-0.2, 0) is 22.1 Å². The van der Waals surface area contributed by atoms with Crippen LogP contribution in [0.1, 0.15) is 72.8 Å². The molecule has 0 aliphatic heterocycles. The highest BCUT2D eigenvalue weighted by Gasteiger charge is 2.41. The SMILES string of the molecule is CCOC(=O)c1cnc(CC2(c3ccc(F)cc3Cl)CCC2)nc1.Cl.NC1(c2ccc(F)cc2Cl)CCC1. The molecule has 0 atom stereocenters. The van der Waals surface area contributed by atoms with Crippen molar-refractivity contribution in [2.45, 2.75) is 62.8 Å². The molecule has 5 nitrogen and oxygen atoms in total. The standard InChI is InChI=1S/C18H18ClFN2O2.C10H11ClFN.ClH/c1-2-24-17(23)12-10-21-16(22-11-12)9-18(6-3-7-18)14-5-4-13(20)8-15(14)19;11-9-6-7(12)2-3-8(9)10(13)4-1-5-10;/h4-5,8,10-11H,2-3,6-7,9H2,1H3;2-3,6H,1,4-5,13H2;1H. The number of nitrogens with zero attached hydrogens (tertiary/aromatic N) is 2. The van der Waals surface area contributed by atoms with Crippen molar-refractivity contribution < 1.29 is 18.3 Å². The summed E-state index contributed by atoms with van der Waals surface area (Å²) in [6.07, 6.45) is 9.61. The molecule has 2 aliphatic carbocycles. The van der Waals surface area contributed by atoms with E-state index in [-0.39, 0.29) is 35.0 Å². The smallest absolute Gasteiger partial charge is 0.341 e. The molecule has 0 spiro atoms. The first kappa shape index (κ1) is 30.2. The van der Waals surface area contributed by atoms with Crippen molar-refractivity contribution in [1.82, 2.24) is 9.97 Å². The summed E-state index contributed by atoms with van der Waals surface area (Å²) >= 11 is 12.2. The first-order chi connectivity index (χ1) is 17.7. The van der Waals surface area contributed by atoms with Gasteiger partial charge in [-0.3, -0.25) is 0 Å². The van der Waals surface area contributed by atoms with E-state index in [1.807, 2.05) is 0 Å². The Bertz CT molecular complexity index is 1270. The number of carbonyl (C=O) groups excluding carboxylic acids is 1. The largest absolute Gasteiger partial charge is 0.462 e. The van der Waals surface area contributed by atoms with Gasteiger partial charge in [-0.05, 0) is 74.4 Å². The molecule has 0 saturated heterocycles. The molecule has 1 aromatic heterocycles. The second-order valence-corrected chi connectivity index (χ2v) is 10.5. The number of halogens is 5. The fourth-order valence-corrected chi connectivity index (χ4v) is 5.58. The van der Waals surface area contributed by atoms with Gasteiger partial charge in [0.1, 0.15) is 17.5 Å². The van der Waals surface area contributed by atoms with Crippen LogP contribution in [0.5, 0.6) is 0 Å². The summed E-state index contributed by atoms with van der Waals surface area (Å²) in [6.45, 7) is 2.06. The molecule has 3 aromatic rings. The summed E-state index contributed by atoms with van der Waals surface area (Å²) in [7, 11) is 0. The van der Waals surface area contributed by atoms with Crippen LogP contribution in [0.4, 0.5) is 8.78 Å². The minimum Gasteiger partial charge on any atom is -0.462 e. The van der Waals surface area contributed by atoms with Gasteiger partial charge in [-0.1, -0.05) is 41.8 Å². The lowest BCUT2D eigenvalue weighted by atomic mass is 9.62. The predicted octanol–water partition coefficient (Wildman–Crippen LogP) is 7.35. The van der Waals surface area contributed by atoms with Crippen LogP contribution in [0, 0.1) is 11.6 Å². The van der Waals surface area contributed by atoms with Gasteiger partial charge in [-0.25, -0.2) is 23.5 Å². The maximum Gasteiger partial charge on any atom is 0.341 e. The Kier molecular flexibility index (Phi) is 10.1. The Morgan fingerprint density at radius 1 is 0.947 bits per heavy atom. The van der Waals surface area contributed by atoms with Crippen LogP contribution in [-0.4, -0.2) is 22.5 Å². The van der Waals surface area contributed by atoms with E-state index in [0.717, 1.165) is 49.7 Å². The molecule has 0 bridgehead atoms. The minimum absolute atomic E-state index is 0. The van der Waals surface area contributed by atoms with Crippen LogP contribution >= 0.6 is 35.6 Å². The molecule has 10 heteroatoms. The molecule has 204 valence electrons. The number of benzene rings is 2. The van der Waals surface area contributed by atoms with Crippen LogP contribution in [0.15, 0.2) is 48.8 Å². The summed E-state index contributed by atoms with van der Waals surface area (Å²) in [5, 5.41) is 0.889. The summed E-state index contributed by atoms with van der Waals surface area (Å²) in [5.74, 6) is -0.433. The van der Waals surface area contributed by atoms with Gasteiger partial charge in [0, 0.05) is 39.8 Å². The van der Waals surface area contributed by atoms with Crippen molar-refractivity contribution >= 4 is 41.6 Å². The molecule has 2 aliphatic rings. The summed E-state index contributed by atoms with van der Waals surface area (Å²) in [6, 6.07) is 8.96. The van der Waals surface area contributed by atoms with Crippen molar-refractivity contribution in [1.29, 1.82) is 0 Å². The lowest BCUT2D eigenvalue weighted by Gasteiger charge is -2.42. The van der Waals surface area contributed by atoms with Crippen molar-refractivity contribution in [3.63, 3.8) is 0 Å². The molecule has 0 radical (unpaired) electrons. The van der Waals surface area contributed by atoms with Gasteiger partial charge in [0.15, 0.2) is 0 Å². The number of carbonyl (C=O) groups is 1. The molecule has 2 fully saturated rings. The number of aromatic nitrogens is 2. The number of hydrogen-bond donors (Lipinski definition) is 1. The third-order valence-electron chi connectivity index (χ3n) is 7.24. The first-order valence-electron chi connectivity index (χ1n) is 12.3. The summed E-state index contributed by atoms with van der Waals surface area (Å²) in [4.78, 5) is 20.2. The average Bonchev–Trinajstić information content (AvgIpc) is 2.81. The Labute approximate surface area is 237 Å². The Hall–Kier alpha value is -2.32. The van der Waals surface area contributed by atoms with Crippen molar-refractivity contribution in [3.05, 3.63) is 93.0 Å². The fourth-order valence-electron chi connectivity index (χ4n) is 4.85. The van der Waals surface area contributed by atoms with E-state index in [1.54, 1.807) is 19.1 Å². The van der Waals surface area contributed by atoms with Gasteiger partial charge in [0.2, 0.25) is 0 Å². The lowest BCUT2D eigenvalue weighted by Crippen LogP contribution is -2.43. The molecular weight excluding hydrogens is 555 g/mol. The number of rotatable bonds is 6. The number of esters is 1. The lowest BCUT2D eigenvalue weighted by molar-refractivity contribution is 0.0525. The second-order valence-electron chi connectivity index (χ2n) is 9.68. The van der Waals surface area contributed by atoms with E-state index >= 15 is 0 Å². The quantitative estimate of drug-likeness (QED) is 0.307. The topological polar surface area (TPSA) is 78.1 Å². The Morgan fingerprint density at radius 3 is 1.89 bits per heavy atom. The third kappa shape index (κ3) is 6.63. The van der Waals surface area contributed by atoms with Gasteiger partial charge in [-0.15, -0.1) is 12.4 Å². The Morgan fingerprint density at radius 2 is 1.47 bits per heavy atom. The predicted molar refractivity (Wildman–Crippen MR) is 147 cm³/mol. The molecule has 5 rings (SSSR count). The van der Waals surface area contributed by atoms with E-state index in [1.165, 1.54) is 36.7 Å². The molecule has 0 unspecified atom stereocenters. The Balaban J connectivity index is 0.000000242. The van der Waals surface area contributed by atoms with Gasteiger partial charge in [0.05, 0.1) is 12.2 Å². The minimum atomic E-state index is -0.427. The monoisotopic (exact) mass is 583 g/mol. The number of nitrogens with two attached hydrogens (primary N) is 1. The summed E-state index contributed by atoms with van der Waals surface area (Å²) < 4.78 is 31.0. The molecular formula is C28H30Cl3F2N3O2. The van der Waals surface area contributed by atoms with Crippen molar-refractivity contribution in [3.8, 4) is 0 Å². The van der Waals surface area contributed by atoms with E-state index < -0.39 is 5.97 Å². The second kappa shape index (κ2) is 12.7. The average molecular weight is 585 g/mol. The zero-order valence-corrected chi connectivity index (χ0v) is 23.3. The van der Waals surface area contributed by atoms with Gasteiger partial charge in [-0.2, -0.15) is 0 Å². The first-order valence-corrected chi connectivity index (χ1v) is 13.1. The van der Waals surface area contributed by atoms with Crippen LogP contribution in [0.25, 0.3) is 0 Å². The van der Waals surface area contributed by atoms with Gasteiger partial charge in [0.25, 0.3) is 0 Å². The third-order valence-corrected chi connectivity index (χ3v) is 7.86. The number of ether oxygens (including phenoxy) is 1. The normalized spacial score (nSPS) is 16.6. The molecule has 2 saturated carbocycles. The van der Waals surface area contributed by atoms with Gasteiger partial charge < -0.3 is 10.5 Å². The molecule has 2 N–H and O–H groups in total. The maximum absolute atomic E-state index is 13.3. The fraction of sp³-hybridized carbons (Fsp3) is 0.393. The van der Waals surface area contributed by atoms with Crippen LogP contribution in [0.3, 0.4) is 0 Å². The highest BCUT2D eigenvalue weighted by Crippen LogP contribution is 2.48. The molecule has 2 aromatic carbocycles. The molecule has 1 heterocycles. The summed E-state index contributed by atoms with van der Waals surface area (Å²) in [5.41, 5.74) is 7.76. The zero-order chi connectivity index (χ0) is 26.6. The van der Waals surface area contributed by atoms with Crippen molar-refractivity contribution in [2.24, 2.45) is 5.73 Å². The van der Waals surface area contributed by atoms with E-state index in [0.29, 0.717) is 34.5 Å². The highest BCUT2D eigenvalue weighted by atomic mass is 35.5. The van der Waals surface area contributed by atoms with Crippen LogP contribution in [0.2, 0.25) is 10.0 Å². The van der Waals surface area contributed by atoms with Crippen molar-refractivity contribution in [2.75, 3.05) is 6.61 Å². The van der Waals surface area contributed by atoms with E-state index in [2.05, 4.69) is 9.97 Å². The van der Waals surface area contributed by atoms with E-state index in [9.17, 15) is 13.6 Å². The highest BCUT2D eigenvalue weighted by molar-refractivity contribution is 6.31. The van der Waals surface area contributed by atoms with Crippen LogP contribution < -0.4 is 5.73 Å². The molecule has 0 amide bonds.